The van der Waals surface area contributed by atoms with Crippen LogP contribution in [0.4, 0.5) is 16.2 Å². The lowest BCUT2D eigenvalue weighted by Crippen LogP contribution is -2.35. The van der Waals surface area contributed by atoms with E-state index in [-0.39, 0.29) is 17.2 Å². The minimum atomic E-state index is -3.59. The van der Waals surface area contributed by atoms with E-state index in [2.05, 4.69) is 23.9 Å². The molecule has 1 atom stereocenters. The number of carboxylic acid groups (broad SMARTS) is 1. The zero-order valence-corrected chi connectivity index (χ0v) is 17.6. The molecule has 0 amide bonds. The van der Waals surface area contributed by atoms with Gasteiger partial charge in [-0.3, -0.25) is 4.72 Å². The molecule has 0 radical (unpaired) electrons. The van der Waals surface area contributed by atoms with Gasteiger partial charge < -0.3 is 15.2 Å². The summed E-state index contributed by atoms with van der Waals surface area (Å²) in [6.07, 6.45) is -0.646. The predicted molar refractivity (Wildman–Crippen MR) is 112 cm³/mol. The van der Waals surface area contributed by atoms with Gasteiger partial charge in [-0.2, -0.15) is 12.7 Å². The quantitative estimate of drug-likeness (QED) is 0.504. The second-order valence-electron chi connectivity index (χ2n) is 7.94. The van der Waals surface area contributed by atoms with Crippen LogP contribution in [0.2, 0.25) is 0 Å². The van der Waals surface area contributed by atoms with Crippen molar-refractivity contribution in [1.29, 1.82) is 0 Å². The van der Waals surface area contributed by atoms with Crippen molar-refractivity contribution in [2.45, 2.75) is 26.3 Å². The zero-order chi connectivity index (χ0) is 21.4. The predicted octanol–water partition coefficient (Wildman–Crippen LogP) is 3.70. The summed E-state index contributed by atoms with van der Waals surface area (Å²) in [5, 5.41) is 12.3. The smallest absolute Gasteiger partial charge is 0.449 e. The van der Waals surface area contributed by atoms with Crippen LogP contribution in [0.1, 0.15) is 31.0 Å². The molecular formula is C20H25N3O5S. The van der Waals surface area contributed by atoms with Gasteiger partial charge in [0.2, 0.25) is 0 Å². The largest absolute Gasteiger partial charge is 0.511 e. The van der Waals surface area contributed by atoms with Gasteiger partial charge in [0.1, 0.15) is 5.75 Å². The van der Waals surface area contributed by atoms with Crippen LogP contribution < -0.4 is 14.8 Å². The number of fused-ring (bicyclic) bond motifs is 1. The molecule has 156 valence electrons. The molecular weight excluding hydrogens is 394 g/mol. The van der Waals surface area contributed by atoms with E-state index in [1.807, 2.05) is 18.2 Å². The summed E-state index contributed by atoms with van der Waals surface area (Å²) in [7, 11) is -0.651. The summed E-state index contributed by atoms with van der Waals surface area (Å²) in [6.45, 7) is 4.21. The summed E-state index contributed by atoms with van der Waals surface area (Å²) in [5.74, 6) is 0.285. The van der Waals surface area contributed by atoms with Crippen LogP contribution in [-0.2, 0) is 16.6 Å². The fourth-order valence-electron chi connectivity index (χ4n) is 3.52. The lowest BCUT2D eigenvalue weighted by Gasteiger charge is -2.41. The summed E-state index contributed by atoms with van der Waals surface area (Å²) in [5.41, 5.74) is 3.09. The Labute approximate surface area is 170 Å². The molecule has 0 fully saturated rings. The van der Waals surface area contributed by atoms with Gasteiger partial charge >= 0.3 is 16.4 Å². The molecule has 0 saturated heterocycles. The van der Waals surface area contributed by atoms with E-state index in [4.69, 9.17) is 9.84 Å². The van der Waals surface area contributed by atoms with Gasteiger partial charge in [-0.15, -0.1) is 0 Å². The van der Waals surface area contributed by atoms with Gasteiger partial charge in [-0.1, -0.05) is 26.0 Å². The molecule has 0 saturated carbocycles. The highest BCUT2D eigenvalue weighted by molar-refractivity contribution is 7.90. The summed E-state index contributed by atoms with van der Waals surface area (Å²) < 4.78 is 32.7. The highest BCUT2D eigenvalue weighted by Gasteiger charge is 2.36. The van der Waals surface area contributed by atoms with Crippen molar-refractivity contribution in [1.82, 2.24) is 4.31 Å². The first-order chi connectivity index (χ1) is 13.5. The molecule has 2 aromatic carbocycles. The minimum absolute atomic E-state index is 0.0648. The number of ether oxygens (including phenoxy) is 1. The Morgan fingerprint density at radius 2 is 1.97 bits per heavy atom. The topological polar surface area (TPSA) is 108 Å². The second kappa shape index (κ2) is 7.57. The van der Waals surface area contributed by atoms with Crippen LogP contribution in [-0.4, -0.2) is 38.1 Å². The lowest BCUT2D eigenvalue weighted by molar-refractivity contribution is 0.144. The van der Waals surface area contributed by atoms with Gasteiger partial charge in [0, 0.05) is 19.8 Å². The number of rotatable bonds is 5. The first-order valence-corrected chi connectivity index (χ1v) is 10.5. The number of nitrogens with zero attached hydrogens (tertiary/aromatic N) is 1. The fourth-order valence-corrected chi connectivity index (χ4v) is 4.13. The standard InChI is InChI=1S/C20H25N3O5S/c1-20(2)12-14-11-16(28-19(24)25)8-9-17(14)21-18(20)13-6-5-7-15(10-13)22-29(26,27)23(3)4/h5-11,18,21-22H,12H2,1-4H3,(H,24,25). The summed E-state index contributed by atoms with van der Waals surface area (Å²) in [4.78, 5) is 10.8. The van der Waals surface area contributed by atoms with Crippen molar-refractivity contribution in [2.24, 2.45) is 5.41 Å². The molecule has 1 aliphatic rings. The summed E-state index contributed by atoms with van der Waals surface area (Å²) >= 11 is 0. The van der Waals surface area contributed by atoms with E-state index in [0.717, 1.165) is 21.1 Å². The minimum Gasteiger partial charge on any atom is -0.449 e. The fraction of sp³-hybridized carbons (Fsp3) is 0.350. The Morgan fingerprint density at radius 3 is 2.62 bits per heavy atom. The van der Waals surface area contributed by atoms with Gasteiger partial charge in [0.25, 0.3) is 0 Å². The monoisotopic (exact) mass is 419 g/mol. The molecule has 1 aliphatic heterocycles. The normalized spacial score (nSPS) is 17.9. The maximum Gasteiger partial charge on any atom is 0.511 e. The van der Waals surface area contributed by atoms with E-state index in [9.17, 15) is 13.2 Å². The van der Waals surface area contributed by atoms with Crippen molar-refractivity contribution >= 4 is 27.7 Å². The van der Waals surface area contributed by atoms with Crippen molar-refractivity contribution in [3.63, 3.8) is 0 Å². The highest BCUT2D eigenvalue weighted by atomic mass is 32.2. The number of nitrogens with one attached hydrogen (secondary N) is 2. The number of hydrogen-bond acceptors (Lipinski definition) is 5. The molecule has 29 heavy (non-hydrogen) atoms. The second-order valence-corrected chi connectivity index (χ2v) is 9.83. The molecule has 0 aliphatic carbocycles. The van der Waals surface area contributed by atoms with E-state index in [1.165, 1.54) is 14.1 Å². The molecule has 9 heteroatoms. The van der Waals surface area contributed by atoms with E-state index < -0.39 is 16.4 Å². The first-order valence-electron chi connectivity index (χ1n) is 9.08. The Morgan fingerprint density at radius 1 is 1.24 bits per heavy atom. The maximum atomic E-state index is 12.1. The maximum absolute atomic E-state index is 12.1. The van der Waals surface area contributed by atoms with Crippen LogP contribution >= 0.6 is 0 Å². The molecule has 0 spiro atoms. The Hall–Kier alpha value is -2.78. The number of carbonyl (C=O) groups is 1. The third-order valence-corrected chi connectivity index (χ3v) is 6.41. The molecule has 2 aromatic rings. The molecule has 1 heterocycles. The summed E-state index contributed by atoms with van der Waals surface area (Å²) in [6, 6.07) is 12.4. The zero-order valence-electron chi connectivity index (χ0n) is 16.8. The van der Waals surface area contributed by atoms with E-state index in [0.29, 0.717) is 12.1 Å². The van der Waals surface area contributed by atoms with Crippen LogP contribution in [0.3, 0.4) is 0 Å². The molecule has 1 unspecified atom stereocenters. The van der Waals surface area contributed by atoms with Gasteiger partial charge in [0.15, 0.2) is 0 Å². The third kappa shape index (κ3) is 4.63. The van der Waals surface area contributed by atoms with Crippen molar-refractivity contribution < 1.29 is 23.1 Å². The van der Waals surface area contributed by atoms with Crippen LogP contribution in [0.5, 0.6) is 5.75 Å². The van der Waals surface area contributed by atoms with Gasteiger partial charge in [-0.25, -0.2) is 4.79 Å². The van der Waals surface area contributed by atoms with E-state index >= 15 is 0 Å². The van der Waals surface area contributed by atoms with Crippen LogP contribution in [0.25, 0.3) is 0 Å². The highest BCUT2D eigenvalue weighted by Crippen LogP contribution is 2.45. The molecule has 8 nitrogen and oxygen atoms in total. The Kier molecular flexibility index (Phi) is 5.46. The number of hydrogen-bond donors (Lipinski definition) is 3. The molecule has 3 rings (SSSR count). The first kappa shape index (κ1) is 20.9. The number of anilines is 2. The van der Waals surface area contributed by atoms with Crippen LogP contribution in [0.15, 0.2) is 42.5 Å². The molecule has 3 N–H and O–H groups in total. The average Bonchev–Trinajstić information content (AvgIpc) is 2.59. The van der Waals surface area contributed by atoms with Gasteiger partial charge in [0.05, 0.1) is 11.7 Å². The average molecular weight is 420 g/mol. The van der Waals surface area contributed by atoms with Gasteiger partial charge in [-0.05, 0) is 53.3 Å². The molecule has 0 aromatic heterocycles. The number of benzene rings is 2. The Bertz CT molecular complexity index is 1030. The molecule has 0 bridgehead atoms. The van der Waals surface area contributed by atoms with Crippen LogP contribution in [0, 0.1) is 5.41 Å². The van der Waals surface area contributed by atoms with Crippen molar-refractivity contribution in [3.05, 3.63) is 53.6 Å². The SMILES string of the molecule is CN(C)S(=O)(=O)Nc1cccc(C2Nc3ccc(OC(=O)O)cc3CC2(C)C)c1. The van der Waals surface area contributed by atoms with Crippen molar-refractivity contribution in [2.75, 3.05) is 24.1 Å². The lowest BCUT2D eigenvalue weighted by atomic mass is 9.73. The van der Waals surface area contributed by atoms with E-state index in [1.54, 1.807) is 24.3 Å². The third-order valence-electron chi connectivity index (χ3n) is 4.96. The Balaban J connectivity index is 1.90. The van der Waals surface area contributed by atoms with Crippen molar-refractivity contribution in [3.8, 4) is 5.75 Å².